The van der Waals surface area contributed by atoms with E-state index in [-0.39, 0.29) is 6.04 Å². The third-order valence-corrected chi connectivity index (χ3v) is 1.97. The van der Waals surface area contributed by atoms with Crippen LogP contribution in [0, 0.1) is 0 Å². The molecule has 1 atom stereocenters. The molecule has 0 aromatic carbocycles. The minimum atomic E-state index is 0.187. The number of rotatable bonds is 3. The van der Waals surface area contributed by atoms with Gasteiger partial charge >= 0.3 is 0 Å². The Morgan fingerprint density at radius 2 is 2.43 bits per heavy atom. The Kier molecular flexibility index (Phi) is 2.32. The van der Waals surface area contributed by atoms with Crippen molar-refractivity contribution in [1.82, 2.24) is 14.6 Å². The molecule has 0 saturated carbocycles. The Labute approximate surface area is 81.9 Å². The molecule has 0 saturated heterocycles. The lowest BCUT2D eigenvalue weighted by atomic mass is 10.3. The fraction of sp³-hybridized carbons (Fsp3) is 0.333. The fourth-order valence-corrected chi connectivity index (χ4v) is 1.17. The number of hydrogen-bond acceptors (Lipinski definition) is 4. The third kappa shape index (κ3) is 1.67. The van der Waals surface area contributed by atoms with Crippen LogP contribution < -0.4 is 11.1 Å². The van der Waals surface area contributed by atoms with Crippen LogP contribution in [0.2, 0.25) is 0 Å². The Bertz CT molecular complexity index is 389. The molecular weight excluding hydrogens is 178 g/mol. The van der Waals surface area contributed by atoms with Gasteiger partial charge in [-0.05, 0) is 19.1 Å². The summed E-state index contributed by atoms with van der Waals surface area (Å²) in [5.41, 5.74) is 6.32. The van der Waals surface area contributed by atoms with Crippen molar-refractivity contribution in [3.05, 3.63) is 24.4 Å². The van der Waals surface area contributed by atoms with E-state index in [4.69, 9.17) is 5.73 Å². The lowest BCUT2D eigenvalue weighted by Gasteiger charge is -2.07. The molecule has 0 aliphatic heterocycles. The maximum Gasteiger partial charge on any atom is 0.243 e. The first-order chi connectivity index (χ1) is 6.79. The summed E-state index contributed by atoms with van der Waals surface area (Å²) in [5, 5.41) is 7.35. The minimum Gasteiger partial charge on any atom is -0.349 e. The molecule has 0 fully saturated rings. The van der Waals surface area contributed by atoms with Gasteiger partial charge < -0.3 is 11.1 Å². The van der Waals surface area contributed by atoms with Gasteiger partial charge in [0.25, 0.3) is 0 Å². The molecule has 0 aliphatic carbocycles. The number of nitrogens with two attached hydrogens (primary N) is 1. The van der Waals surface area contributed by atoms with Crippen LogP contribution in [0.5, 0.6) is 0 Å². The summed E-state index contributed by atoms with van der Waals surface area (Å²) in [4.78, 5) is 4.29. The first-order valence-electron chi connectivity index (χ1n) is 4.57. The summed E-state index contributed by atoms with van der Waals surface area (Å²) < 4.78 is 1.73. The van der Waals surface area contributed by atoms with Crippen LogP contribution in [0.4, 0.5) is 5.95 Å². The normalized spacial score (nSPS) is 13.0. The molecule has 74 valence electrons. The highest BCUT2D eigenvalue weighted by Gasteiger charge is 2.04. The van der Waals surface area contributed by atoms with Crippen LogP contribution in [0.1, 0.15) is 6.92 Å². The van der Waals surface area contributed by atoms with E-state index in [1.165, 1.54) is 0 Å². The Morgan fingerprint density at radius 1 is 1.57 bits per heavy atom. The summed E-state index contributed by atoms with van der Waals surface area (Å²) in [7, 11) is 0. The van der Waals surface area contributed by atoms with Crippen LogP contribution in [-0.4, -0.2) is 27.2 Å². The molecule has 14 heavy (non-hydrogen) atoms. The second kappa shape index (κ2) is 3.63. The average molecular weight is 191 g/mol. The van der Waals surface area contributed by atoms with Crippen molar-refractivity contribution in [3.8, 4) is 0 Å². The number of pyridine rings is 1. The zero-order chi connectivity index (χ0) is 9.97. The largest absolute Gasteiger partial charge is 0.349 e. The Morgan fingerprint density at radius 3 is 3.14 bits per heavy atom. The molecular formula is C9H13N5. The number of nitrogens with zero attached hydrogens (tertiary/aromatic N) is 3. The SMILES string of the molecule is CC(CN)Nc1nc2ccccn2n1. The Hall–Kier alpha value is -1.62. The second-order valence-corrected chi connectivity index (χ2v) is 3.22. The lowest BCUT2D eigenvalue weighted by molar-refractivity contribution is 0.788. The predicted octanol–water partition coefficient (Wildman–Crippen LogP) is 0.488. The van der Waals surface area contributed by atoms with Gasteiger partial charge in [-0.15, -0.1) is 5.10 Å². The van der Waals surface area contributed by atoms with Crippen LogP contribution in [-0.2, 0) is 0 Å². The number of hydrogen-bond donors (Lipinski definition) is 2. The molecule has 2 heterocycles. The van der Waals surface area contributed by atoms with Gasteiger partial charge in [-0.3, -0.25) is 0 Å². The zero-order valence-corrected chi connectivity index (χ0v) is 8.01. The zero-order valence-electron chi connectivity index (χ0n) is 8.01. The molecule has 2 rings (SSSR count). The standard InChI is InChI=1S/C9H13N5/c1-7(6-10)11-9-12-8-4-2-3-5-14(8)13-9/h2-5,7H,6,10H2,1H3,(H,11,13). The van der Waals surface area contributed by atoms with Crippen molar-refractivity contribution in [2.45, 2.75) is 13.0 Å². The van der Waals surface area contributed by atoms with Crippen molar-refractivity contribution in [2.24, 2.45) is 5.73 Å². The molecule has 0 amide bonds. The smallest absolute Gasteiger partial charge is 0.243 e. The van der Waals surface area contributed by atoms with Gasteiger partial charge in [-0.1, -0.05) is 6.07 Å². The van der Waals surface area contributed by atoms with Gasteiger partial charge in [0, 0.05) is 18.8 Å². The number of fused-ring (bicyclic) bond motifs is 1. The molecule has 0 radical (unpaired) electrons. The van der Waals surface area contributed by atoms with Gasteiger partial charge in [0.2, 0.25) is 5.95 Å². The monoisotopic (exact) mass is 191 g/mol. The highest BCUT2D eigenvalue weighted by molar-refractivity contribution is 5.43. The van der Waals surface area contributed by atoms with Crippen LogP contribution in [0.3, 0.4) is 0 Å². The second-order valence-electron chi connectivity index (χ2n) is 3.22. The van der Waals surface area contributed by atoms with E-state index < -0.39 is 0 Å². The number of nitrogens with one attached hydrogen (secondary N) is 1. The van der Waals surface area contributed by atoms with E-state index in [0.29, 0.717) is 12.5 Å². The van der Waals surface area contributed by atoms with E-state index in [9.17, 15) is 0 Å². The van der Waals surface area contributed by atoms with Crippen molar-refractivity contribution in [3.63, 3.8) is 0 Å². The van der Waals surface area contributed by atoms with Crippen LogP contribution >= 0.6 is 0 Å². The third-order valence-electron chi connectivity index (χ3n) is 1.97. The van der Waals surface area contributed by atoms with E-state index in [0.717, 1.165) is 5.65 Å². The lowest BCUT2D eigenvalue weighted by Crippen LogP contribution is -2.25. The minimum absolute atomic E-state index is 0.187. The van der Waals surface area contributed by atoms with Gasteiger partial charge in [-0.25, -0.2) is 4.52 Å². The van der Waals surface area contributed by atoms with Gasteiger partial charge in [0.1, 0.15) is 0 Å². The van der Waals surface area contributed by atoms with Crippen LogP contribution in [0.25, 0.3) is 5.65 Å². The molecule has 3 N–H and O–H groups in total. The highest BCUT2D eigenvalue weighted by Crippen LogP contribution is 2.04. The highest BCUT2D eigenvalue weighted by atomic mass is 15.3. The van der Waals surface area contributed by atoms with Gasteiger partial charge in [0.15, 0.2) is 5.65 Å². The van der Waals surface area contributed by atoms with E-state index in [2.05, 4.69) is 15.4 Å². The maximum atomic E-state index is 5.49. The summed E-state index contributed by atoms with van der Waals surface area (Å²) in [6, 6.07) is 5.94. The molecule has 1 unspecified atom stereocenters. The molecule has 0 aliphatic rings. The van der Waals surface area contributed by atoms with E-state index in [1.54, 1.807) is 4.52 Å². The van der Waals surface area contributed by atoms with Crippen molar-refractivity contribution in [1.29, 1.82) is 0 Å². The predicted molar refractivity (Wildman–Crippen MR) is 55.1 cm³/mol. The topological polar surface area (TPSA) is 68.2 Å². The summed E-state index contributed by atoms with van der Waals surface area (Å²) in [5.74, 6) is 0.620. The quantitative estimate of drug-likeness (QED) is 0.740. The fourth-order valence-electron chi connectivity index (χ4n) is 1.17. The summed E-state index contributed by atoms with van der Waals surface area (Å²) in [6.45, 7) is 2.56. The van der Waals surface area contributed by atoms with Crippen molar-refractivity contribution < 1.29 is 0 Å². The van der Waals surface area contributed by atoms with Gasteiger partial charge in [-0.2, -0.15) is 4.98 Å². The van der Waals surface area contributed by atoms with E-state index in [1.807, 2.05) is 31.3 Å². The number of anilines is 1. The van der Waals surface area contributed by atoms with Gasteiger partial charge in [0.05, 0.1) is 0 Å². The molecule has 0 spiro atoms. The Balaban J connectivity index is 2.27. The van der Waals surface area contributed by atoms with E-state index >= 15 is 0 Å². The first-order valence-corrected chi connectivity index (χ1v) is 4.57. The molecule has 5 nitrogen and oxygen atoms in total. The first kappa shape index (κ1) is 8.96. The van der Waals surface area contributed by atoms with Crippen LogP contribution in [0.15, 0.2) is 24.4 Å². The molecule has 2 aromatic rings. The molecule has 2 aromatic heterocycles. The molecule has 0 bridgehead atoms. The maximum absolute atomic E-state index is 5.49. The average Bonchev–Trinajstić information content (AvgIpc) is 2.59. The number of aromatic nitrogens is 3. The molecule has 5 heteroatoms. The summed E-state index contributed by atoms with van der Waals surface area (Å²) in [6.07, 6.45) is 1.86. The summed E-state index contributed by atoms with van der Waals surface area (Å²) >= 11 is 0. The van der Waals surface area contributed by atoms with Crippen molar-refractivity contribution >= 4 is 11.6 Å². The van der Waals surface area contributed by atoms with Crippen molar-refractivity contribution in [2.75, 3.05) is 11.9 Å².